The number of alkyl halides is 3. The molecule has 0 bridgehead atoms. The highest BCUT2D eigenvalue weighted by atomic mass is 19.4. The van der Waals surface area contributed by atoms with E-state index in [1.54, 1.807) is 43.5 Å². The van der Waals surface area contributed by atoms with Crippen molar-refractivity contribution in [2.24, 2.45) is 0 Å². The summed E-state index contributed by atoms with van der Waals surface area (Å²) >= 11 is 0. The molecule has 0 aliphatic heterocycles. The highest BCUT2D eigenvalue weighted by Crippen LogP contribution is 2.28. The number of methoxy groups -OCH3 is 1. The molecule has 0 fully saturated rings. The molecule has 9 nitrogen and oxygen atoms in total. The topological polar surface area (TPSA) is 108 Å². The quantitative estimate of drug-likeness (QED) is 0.390. The Morgan fingerprint density at radius 1 is 1.05 bits per heavy atom. The van der Waals surface area contributed by atoms with E-state index >= 15 is 0 Å². The van der Waals surface area contributed by atoms with Crippen LogP contribution < -0.4 is 20.5 Å². The van der Waals surface area contributed by atoms with Crippen molar-refractivity contribution in [1.82, 2.24) is 19.4 Å². The zero-order chi connectivity index (χ0) is 26.7. The fourth-order valence-electron chi connectivity index (χ4n) is 3.79. The Labute approximate surface area is 208 Å². The predicted octanol–water partition coefficient (Wildman–Crippen LogP) is 3.65. The molecule has 4 rings (SSSR count). The molecule has 0 spiro atoms. The number of rotatable bonds is 7. The van der Waals surface area contributed by atoms with E-state index in [9.17, 15) is 27.9 Å². The number of aromatic nitrogens is 3. The van der Waals surface area contributed by atoms with E-state index in [1.165, 1.54) is 25.4 Å². The van der Waals surface area contributed by atoms with Gasteiger partial charge >= 0.3 is 12.1 Å². The molecule has 1 amide bonds. The van der Waals surface area contributed by atoms with E-state index in [-0.39, 0.29) is 5.69 Å². The summed E-state index contributed by atoms with van der Waals surface area (Å²) in [4.78, 5) is 30.6. The molecule has 0 saturated carbocycles. The van der Waals surface area contributed by atoms with Crippen LogP contribution in [0, 0.1) is 0 Å². The Bertz CT molecular complexity index is 1460. The summed E-state index contributed by atoms with van der Waals surface area (Å²) in [5, 5.41) is 13.0. The van der Waals surface area contributed by atoms with E-state index < -0.39 is 35.6 Å². The molecule has 1 unspecified atom stereocenters. The molecule has 4 aromatic rings. The average molecular weight is 514 g/mol. The summed E-state index contributed by atoms with van der Waals surface area (Å²) in [5.74, 6) is -0.897. The van der Waals surface area contributed by atoms with Crippen molar-refractivity contribution >= 4 is 5.91 Å². The van der Waals surface area contributed by atoms with Gasteiger partial charge in [0.05, 0.1) is 24.7 Å². The lowest BCUT2D eigenvalue weighted by Gasteiger charge is -2.17. The van der Waals surface area contributed by atoms with E-state index in [2.05, 4.69) is 15.0 Å². The number of nitrogens with zero attached hydrogens (tertiary/aromatic N) is 3. The van der Waals surface area contributed by atoms with Gasteiger partial charge in [0.1, 0.15) is 17.5 Å². The second-order valence-corrected chi connectivity index (χ2v) is 7.77. The second-order valence-electron chi connectivity index (χ2n) is 7.77. The first-order valence-corrected chi connectivity index (χ1v) is 10.8. The van der Waals surface area contributed by atoms with Crippen molar-refractivity contribution in [1.29, 1.82) is 0 Å². The van der Waals surface area contributed by atoms with Gasteiger partial charge in [-0.15, -0.1) is 13.2 Å². The number of carbonyl (C=O) groups excluding carboxylic acids is 1. The fourth-order valence-corrected chi connectivity index (χ4v) is 3.79. The van der Waals surface area contributed by atoms with Gasteiger partial charge in [0.15, 0.2) is 0 Å². The maximum Gasteiger partial charge on any atom is 0.573 e. The van der Waals surface area contributed by atoms with Crippen LogP contribution in [-0.2, 0) is 4.79 Å². The van der Waals surface area contributed by atoms with Crippen molar-refractivity contribution < 1.29 is 32.5 Å². The molecule has 12 heteroatoms. The molecule has 37 heavy (non-hydrogen) atoms. The molecule has 1 atom stereocenters. The number of hydrogen-bond donors (Lipinski definition) is 2. The van der Waals surface area contributed by atoms with Crippen molar-refractivity contribution in [3.63, 3.8) is 0 Å². The Morgan fingerprint density at radius 2 is 1.70 bits per heavy atom. The first-order valence-electron chi connectivity index (χ1n) is 10.8. The molecule has 2 aromatic carbocycles. The molecule has 2 heterocycles. The number of halogens is 3. The molecule has 2 aromatic heterocycles. The number of hydrogen-bond acceptors (Lipinski definition) is 6. The van der Waals surface area contributed by atoms with Crippen molar-refractivity contribution in [2.75, 3.05) is 14.2 Å². The maximum absolute atomic E-state index is 13.3. The third kappa shape index (κ3) is 5.42. The number of benzene rings is 2. The van der Waals surface area contributed by atoms with Gasteiger partial charge in [-0.3, -0.25) is 14.3 Å². The number of carbonyl (C=O) groups is 1. The van der Waals surface area contributed by atoms with Crippen LogP contribution >= 0.6 is 0 Å². The molecule has 192 valence electrons. The van der Waals surface area contributed by atoms with Crippen LogP contribution in [0.1, 0.15) is 11.6 Å². The van der Waals surface area contributed by atoms with E-state index in [0.717, 1.165) is 33.0 Å². The normalized spacial score (nSPS) is 12.1. The van der Waals surface area contributed by atoms with Crippen LogP contribution in [0.25, 0.3) is 16.9 Å². The first kappa shape index (κ1) is 25.4. The van der Waals surface area contributed by atoms with Gasteiger partial charge in [0.25, 0.3) is 0 Å². The van der Waals surface area contributed by atoms with E-state index in [4.69, 9.17) is 4.74 Å². The lowest BCUT2D eigenvalue weighted by atomic mass is 10.0. The zero-order valence-electron chi connectivity index (χ0n) is 19.6. The van der Waals surface area contributed by atoms with Crippen molar-refractivity contribution in [3.05, 3.63) is 89.1 Å². The van der Waals surface area contributed by atoms with Crippen molar-refractivity contribution in [3.8, 4) is 34.3 Å². The van der Waals surface area contributed by atoms with Gasteiger partial charge in [0, 0.05) is 18.8 Å². The van der Waals surface area contributed by atoms with Crippen LogP contribution in [0.3, 0.4) is 0 Å². The Kier molecular flexibility index (Phi) is 6.92. The van der Waals surface area contributed by atoms with E-state index in [1.807, 2.05) is 0 Å². The monoisotopic (exact) mass is 514 g/mol. The van der Waals surface area contributed by atoms with Crippen LogP contribution in [-0.4, -0.2) is 45.7 Å². The van der Waals surface area contributed by atoms with Crippen molar-refractivity contribution in [2.45, 2.75) is 12.4 Å². The molecule has 2 N–H and O–H groups in total. The molecular formula is C25H21F3N4O5. The summed E-state index contributed by atoms with van der Waals surface area (Å²) in [7, 11) is 2.95. The fraction of sp³-hybridized carbons (Fsp3) is 0.160. The number of amides is 1. The average Bonchev–Trinajstić information content (AvgIpc) is 3.17. The number of ether oxygens (including phenoxy) is 2. The minimum absolute atomic E-state index is 0.0695. The second kappa shape index (κ2) is 10.1. The Morgan fingerprint density at radius 3 is 2.30 bits per heavy atom. The number of imidazole rings is 1. The van der Waals surface area contributed by atoms with Crippen LogP contribution in [0.15, 0.2) is 77.9 Å². The van der Waals surface area contributed by atoms with E-state index in [0.29, 0.717) is 17.0 Å². The molecule has 0 saturated heterocycles. The van der Waals surface area contributed by atoms with Gasteiger partial charge in [-0.1, -0.05) is 0 Å². The summed E-state index contributed by atoms with van der Waals surface area (Å²) in [6.45, 7) is 0. The summed E-state index contributed by atoms with van der Waals surface area (Å²) in [6, 6.07) is 13.5. The minimum Gasteiger partial charge on any atom is -0.497 e. The molecule has 0 aliphatic rings. The molecule has 0 radical (unpaired) electrons. The summed E-state index contributed by atoms with van der Waals surface area (Å²) in [6.07, 6.45) is -2.30. The van der Waals surface area contributed by atoms with Gasteiger partial charge in [-0.2, -0.15) is 0 Å². The summed E-state index contributed by atoms with van der Waals surface area (Å²) in [5.41, 5.74) is 0.963. The minimum atomic E-state index is -4.88. The first-order chi connectivity index (χ1) is 17.6. The third-order valence-corrected chi connectivity index (χ3v) is 5.48. The predicted molar refractivity (Wildman–Crippen MR) is 127 cm³/mol. The smallest absolute Gasteiger partial charge is 0.497 e. The standard InChI is InChI=1S/C25H21F3N4O5/c1-29-23(34)22(16-11-12-30-20(13-16)15-3-7-18(36-2)8-4-15)31-14-21(33)32(24(31)35)17-5-9-19(10-6-17)37-25(26,27)28/h3-14,22,33H,1-2H3,(H,29,34). The van der Waals surface area contributed by atoms with Gasteiger partial charge in [0.2, 0.25) is 11.8 Å². The highest BCUT2D eigenvalue weighted by molar-refractivity contribution is 5.83. The lowest BCUT2D eigenvalue weighted by molar-refractivity contribution is -0.274. The Balaban J connectivity index is 1.74. The van der Waals surface area contributed by atoms with Crippen LogP contribution in [0.2, 0.25) is 0 Å². The molecular weight excluding hydrogens is 493 g/mol. The maximum atomic E-state index is 13.3. The number of aromatic hydroxyl groups is 1. The summed E-state index contributed by atoms with van der Waals surface area (Å²) < 4.78 is 48.3. The largest absolute Gasteiger partial charge is 0.573 e. The lowest BCUT2D eigenvalue weighted by Crippen LogP contribution is -2.36. The number of nitrogens with one attached hydrogen (secondary N) is 1. The molecule has 0 aliphatic carbocycles. The van der Waals surface area contributed by atoms with Gasteiger partial charge in [-0.25, -0.2) is 9.36 Å². The van der Waals surface area contributed by atoms with Crippen LogP contribution in [0.4, 0.5) is 13.2 Å². The van der Waals surface area contributed by atoms with Gasteiger partial charge in [-0.05, 0) is 66.2 Å². The van der Waals surface area contributed by atoms with Gasteiger partial charge < -0.3 is 19.9 Å². The zero-order valence-corrected chi connectivity index (χ0v) is 19.6. The SMILES string of the molecule is CNC(=O)C(c1ccnc(-c2ccc(OC)cc2)c1)n1cc(O)n(-c2ccc(OC(F)(F)F)cc2)c1=O. The highest BCUT2D eigenvalue weighted by Gasteiger charge is 2.31. The number of pyridine rings is 1. The Hall–Kier alpha value is -4.74. The third-order valence-electron chi connectivity index (χ3n) is 5.48. The number of likely N-dealkylation sites (N-methyl/N-ethyl adjacent to an activating group) is 1. The van der Waals surface area contributed by atoms with Crippen LogP contribution in [0.5, 0.6) is 17.4 Å².